The van der Waals surface area contributed by atoms with Gasteiger partial charge >= 0.3 is 0 Å². The maximum atomic E-state index is 6.18. The second-order valence-corrected chi connectivity index (χ2v) is 5.42. The molecule has 0 aliphatic heterocycles. The number of anilines is 2. The highest BCUT2D eigenvalue weighted by molar-refractivity contribution is 6.31. The molecule has 0 saturated carbocycles. The predicted octanol–water partition coefficient (Wildman–Crippen LogP) is 4.35. The van der Waals surface area contributed by atoms with E-state index in [0.29, 0.717) is 27.9 Å². The molecule has 0 radical (unpaired) electrons. The third-order valence-electron chi connectivity index (χ3n) is 3.58. The van der Waals surface area contributed by atoms with E-state index in [-0.39, 0.29) is 0 Å². The Balaban J connectivity index is 2.09. The Bertz CT molecular complexity index is 868. The number of methoxy groups -OCH3 is 2. The summed E-state index contributed by atoms with van der Waals surface area (Å²) in [5, 5.41) is 4.81. The van der Waals surface area contributed by atoms with Crippen molar-refractivity contribution in [2.45, 2.75) is 6.92 Å². The molecule has 0 amide bonds. The van der Waals surface area contributed by atoms with Crippen molar-refractivity contribution in [1.29, 1.82) is 0 Å². The summed E-state index contributed by atoms with van der Waals surface area (Å²) in [5.74, 6) is 1.89. The number of aryl methyl sites for hydroxylation is 1. The zero-order valence-corrected chi connectivity index (χ0v) is 13.8. The van der Waals surface area contributed by atoms with Crippen molar-refractivity contribution in [2.75, 3.05) is 19.5 Å². The Kier molecular flexibility index (Phi) is 4.21. The summed E-state index contributed by atoms with van der Waals surface area (Å²) in [5.41, 5.74) is 2.56. The molecule has 3 rings (SSSR count). The smallest absolute Gasteiger partial charge is 0.187 e. The number of hydrogen-bond acceptors (Lipinski definition) is 5. The van der Waals surface area contributed by atoms with Gasteiger partial charge < -0.3 is 14.8 Å². The average molecular weight is 330 g/mol. The van der Waals surface area contributed by atoms with E-state index in [9.17, 15) is 0 Å². The molecule has 0 fully saturated rings. The van der Waals surface area contributed by atoms with Crippen molar-refractivity contribution in [3.8, 4) is 11.5 Å². The average Bonchev–Trinajstić information content (AvgIpc) is 2.57. The molecular weight excluding hydrogens is 314 g/mol. The number of aromatic nitrogens is 2. The minimum atomic E-state index is 0.581. The van der Waals surface area contributed by atoms with Crippen molar-refractivity contribution in [1.82, 2.24) is 9.97 Å². The van der Waals surface area contributed by atoms with Crippen LogP contribution in [0.3, 0.4) is 0 Å². The van der Waals surface area contributed by atoms with E-state index in [4.69, 9.17) is 21.1 Å². The highest BCUT2D eigenvalue weighted by Gasteiger charge is 2.13. The molecular formula is C17H16ClN3O2. The van der Waals surface area contributed by atoms with Crippen LogP contribution in [0.4, 0.5) is 11.5 Å². The van der Waals surface area contributed by atoms with Crippen LogP contribution in [0.1, 0.15) is 5.56 Å². The van der Waals surface area contributed by atoms with Crippen molar-refractivity contribution in [3.63, 3.8) is 0 Å². The normalized spacial score (nSPS) is 10.6. The molecule has 0 saturated heterocycles. The van der Waals surface area contributed by atoms with Crippen LogP contribution >= 0.6 is 11.6 Å². The van der Waals surface area contributed by atoms with Crippen LogP contribution in [0.15, 0.2) is 36.7 Å². The van der Waals surface area contributed by atoms with Gasteiger partial charge in [0.2, 0.25) is 0 Å². The summed E-state index contributed by atoms with van der Waals surface area (Å²) in [4.78, 5) is 8.64. The topological polar surface area (TPSA) is 56.3 Å². The van der Waals surface area contributed by atoms with E-state index in [0.717, 1.165) is 16.6 Å². The van der Waals surface area contributed by atoms with Gasteiger partial charge in [0.15, 0.2) is 11.5 Å². The first-order chi connectivity index (χ1) is 11.1. The van der Waals surface area contributed by atoms with Crippen molar-refractivity contribution >= 4 is 34.0 Å². The Morgan fingerprint density at radius 2 is 1.87 bits per heavy atom. The number of rotatable bonds is 4. The maximum Gasteiger partial charge on any atom is 0.187 e. The van der Waals surface area contributed by atoms with Gasteiger partial charge in [-0.15, -0.1) is 0 Å². The lowest BCUT2D eigenvalue weighted by Gasteiger charge is -2.13. The molecule has 0 aliphatic carbocycles. The molecule has 1 aromatic heterocycles. The molecule has 3 aromatic rings. The lowest BCUT2D eigenvalue weighted by Crippen LogP contribution is -1.99. The molecule has 1 N–H and O–H groups in total. The van der Waals surface area contributed by atoms with Gasteiger partial charge in [-0.2, -0.15) is 0 Å². The molecule has 0 unspecified atom stereocenters. The van der Waals surface area contributed by atoms with Crippen molar-refractivity contribution in [2.24, 2.45) is 0 Å². The standard InChI is InChI=1S/C17H16ClN3O2/c1-10-4-5-11(8-13(10)18)21-17-12-6-7-14(22-2)16(23-3)15(12)19-9-20-17/h4-9H,1-3H3,(H,19,20,21). The van der Waals surface area contributed by atoms with Gasteiger partial charge in [-0.25, -0.2) is 9.97 Å². The lowest BCUT2D eigenvalue weighted by atomic mass is 10.2. The monoisotopic (exact) mass is 329 g/mol. The summed E-state index contributed by atoms with van der Waals surface area (Å²) < 4.78 is 10.7. The SMILES string of the molecule is COc1ccc2c(Nc3ccc(C)c(Cl)c3)ncnc2c1OC. The molecule has 0 spiro atoms. The molecule has 2 aromatic carbocycles. The summed E-state index contributed by atoms with van der Waals surface area (Å²) in [6.45, 7) is 1.96. The first-order valence-electron chi connectivity index (χ1n) is 7.03. The number of fused-ring (bicyclic) bond motifs is 1. The van der Waals surface area contributed by atoms with Crippen LogP contribution in [0, 0.1) is 6.92 Å². The zero-order chi connectivity index (χ0) is 16.4. The molecule has 5 nitrogen and oxygen atoms in total. The Labute approximate surface area is 139 Å². The molecule has 0 bridgehead atoms. The van der Waals surface area contributed by atoms with E-state index in [1.54, 1.807) is 14.2 Å². The van der Waals surface area contributed by atoms with E-state index >= 15 is 0 Å². The Morgan fingerprint density at radius 1 is 1.04 bits per heavy atom. The van der Waals surface area contributed by atoms with E-state index in [1.807, 2.05) is 37.3 Å². The Morgan fingerprint density at radius 3 is 2.57 bits per heavy atom. The summed E-state index contributed by atoms with van der Waals surface area (Å²) in [6.07, 6.45) is 1.49. The van der Waals surface area contributed by atoms with Crippen LogP contribution in [0.25, 0.3) is 10.9 Å². The summed E-state index contributed by atoms with van der Waals surface area (Å²) in [7, 11) is 3.19. The fourth-order valence-electron chi connectivity index (χ4n) is 2.35. The number of nitrogens with zero attached hydrogens (tertiary/aromatic N) is 2. The number of halogens is 1. The highest BCUT2D eigenvalue weighted by atomic mass is 35.5. The lowest BCUT2D eigenvalue weighted by molar-refractivity contribution is 0.358. The predicted molar refractivity (Wildman–Crippen MR) is 92.1 cm³/mol. The number of hydrogen-bond donors (Lipinski definition) is 1. The van der Waals surface area contributed by atoms with Gasteiger partial charge in [0, 0.05) is 16.1 Å². The van der Waals surface area contributed by atoms with Crippen LogP contribution < -0.4 is 14.8 Å². The second-order valence-electron chi connectivity index (χ2n) is 5.01. The van der Waals surface area contributed by atoms with E-state index in [2.05, 4.69) is 15.3 Å². The van der Waals surface area contributed by atoms with Gasteiger partial charge in [0.05, 0.1) is 14.2 Å². The van der Waals surface area contributed by atoms with Crippen LogP contribution in [0.5, 0.6) is 11.5 Å². The van der Waals surface area contributed by atoms with Gasteiger partial charge in [-0.05, 0) is 36.8 Å². The van der Waals surface area contributed by atoms with Crippen LogP contribution in [-0.4, -0.2) is 24.2 Å². The zero-order valence-electron chi connectivity index (χ0n) is 13.1. The minimum Gasteiger partial charge on any atom is -0.493 e. The fourth-order valence-corrected chi connectivity index (χ4v) is 2.53. The quantitative estimate of drug-likeness (QED) is 0.771. The summed E-state index contributed by atoms with van der Waals surface area (Å²) in [6, 6.07) is 9.51. The van der Waals surface area contributed by atoms with E-state index in [1.165, 1.54) is 6.33 Å². The fraction of sp³-hybridized carbons (Fsp3) is 0.176. The molecule has 1 heterocycles. The third-order valence-corrected chi connectivity index (χ3v) is 3.99. The first-order valence-corrected chi connectivity index (χ1v) is 7.40. The van der Waals surface area contributed by atoms with Crippen LogP contribution in [-0.2, 0) is 0 Å². The van der Waals surface area contributed by atoms with Gasteiger partial charge in [-0.3, -0.25) is 0 Å². The van der Waals surface area contributed by atoms with Gasteiger partial charge in [0.25, 0.3) is 0 Å². The Hall–Kier alpha value is -2.53. The van der Waals surface area contributed by atoms with Crippen molar-refractivity contribution in [3.05, 3.63) is 47.2 Å². The third kappa shape index (κ3) is 2.87. The van der Waals surface area contributed by atoms with Gasteiger partial charge in [-0.1, -0.05) is 17.7 Å². The number of ether oxygens (including phenoxy) is 2. The summed E-state index contributed by atoms with van der Waals surface area (Å²) >= 11 is 6.18. The number of benzene rings is 2. The molecule has 23 heavy (non-hydrogen) atoms. The molecule has 118 valence electrons. The molecule has 0 aliphatic rings. The largest absolute Gasteiger partial charge is 0.493 e. The highest BCUT2D eigenvalue weighted by Crippen LogP contribution is 2.36. The van der Waals surface area contributed by atoms with Crippen molar-refractivity contribution < 1.29 is 9.47 Å². The minimum absolute atomic E-state index is 0.581. The maximum absolute atomic E-state index is 6.18. The first kappa shape index (κ1) is 15.4. The second kappa shape index (κ2) is 6.30. The van der Waals surface area contributed by atoms with Crippen LogP contribution in [0.2, 0.25) is 5.02 Å². The number of nitrogens with one attached hydrogen (secondary N) is 1. The van der Waals surface area contributed by atoms with E-state index < -0.39 is 0 Å². The van der Waals surface area contributed by atoms with Gasteiger partial charge in [0.1, 0.15) is 17.7 Å². The molecule has 0 atom stereocenters. The molecule has 6 heteroatoms.